The van der Waals surface area contributed by atoms with Crippen LogP contribution in [-0.4, -0.2) is 116 Å². The molecule has 2 aliphatic rings. The van der Waals surface area contributed by atoms with E-state index in [1.807, 2.05) is 0 Å². The third-order valence-corrected chi connectivity index (χ3v) is 9.96. The first-order chi connectivity index (χ1) is 32.9. The van der Waals surface area contributed by atoms with Crippen LogP contribution in [0.3, 0.4) is 0 Å². The largest absolute Gasteiger partial charge is 0.463 e. The van der Waals surface area contributed by atoms with Crippen molar-refractivity contribution in [2.24, 2.45) is 0 Å². The lowest BCUT2D eigenvalue weighted by Crippen LogP contribution is -2.59. The van der Waals surface area contributed by atoms with E-state index in [0.717, 1.165) is 68.4 Å². The molecule has 3 aromatic rings. The number of esters is 10. The molecule has 24 heteroatoms. The molecule has 2 aromatic carbocycles. The van der Waals surface area contributed by atoms with Gasteiger partial charge in [0.1, 0.15) is 47.6 Å². The molecule has 0 N–H and O–H groups in total. The zero-order valence-electron chi connectivity index (χ0n) is 39.3. The fourth-order valence-electron chi connectivity index (χ4n) is 7.85. The maximum atomic E-state index is 14.9. The van der Waals surface area contributed by atoms with Crippen LogP contribution in [0.4, 0.5) is 0 Å². The van der Waals surface area contributed by atoms with E-state index in [1.165, 1.54) is 31.2 Å². The lowest BCUT2D eigenvalue weighted by atomic mass is 9.85. The first-order valence-electron chi connectivity index (χ1n) is 21.1. The molecule has 5 rings (SSSR count). The van der Waals surface area contributed by atoms with Gasteiger partial charge in [-0.25, -0.2) is 0 Å². The second kappa shape index (κ2) is 22.6. The zero-order chi connectivity index (χ0) is 51.9. The molecule has 2 aliphatic heterocycles. The molecule has 0 amide bonds. The van der Waals surface area contributed by atoms with Crippen molar-refractivity contribution < 1.29 is 109 Å². The molecule has 9 atom stereocenters. The topological polar surface area (TPSA) is 312 Å². The molecule has 2 fully saturated rings. The van der Waals surface area contributed by atoms with Crippen LogP contribution >= 0.6 is 0 Å². The van der Waals surface area contributed by atoms with Crippen LogP contribution in [0.2, 0.25) is 0 Å². The van der Waals surface area contributed by atoms with E-state index < -0.39 is 167 Å². The Bertz CT molecular complexity index is 2650. The molecule has 1 aromatic heterocycles. The molecule has 3 heterocycles. The van der Waals surface area contributed by atoms with Gasteiger partial charge in [-0.2, -0.15) is 0 Å². The Hall–Kier alpha value is -7.73. The summed E-state index contributed by atoms with van der Waals surface area (Å²) in [5.41, 5.74) is -2.76. The van der Waals surface area contributed by atoms with Gasteiger partial charge < -0.3 is 61.3 Å². The summed E-state index contributed by atoms with van der Waals surface area (Å²) in [6.07, 6.45) is -16.5. The lowest BCUT2D eigenvalue weighted by Gasteiger charge is -2.45. The molecular formula is C46H48O24. The molecular weight excluding hydrogens is 936 g/mol. The zero-order valence-corrected chi connectivity index (χ0v) is 39.3. The van der Waals surface area contributed by atoms with Gasteiger partial charge in [-0.1, -0.05) is 0 Å². The van der Waals surface area contributed by atoms with Crippen LogP contribution in [0.25, 0.3) is 22.3 Å². The summed E-state index contributed by atoms with van der Waals surface area (Å²) in [6, 6.07) is 6.44. The smallest absolute Gasteiger partial charge is 0.308 e. The van der Waals surface area contributed by atoms with Crippen LogP contribution in [-0.2, 0) is 90.6 Å². The minimum absolute atomic E-state index is 0.0920. The minimum Gasteiger partial charge on any atom is -0.463 e. The van der Waals surface area contributed by atoms with Crippen molar-refractivity contribution in [2.45, 2.75) is 124 Å². The van der Waals surface area contributed by atoms with Crippen molar-refractivity contribution in [3.8, 4) is 28.6 Å². The van der Waals surface area contributed by atoms with E-state index in [9.17, 15) is 52.7 Å². The van der Waals surface area contributed by atoms with Gasteiger partial charge in [-0.3, -0.25) is 52.7 Å². The number of rotatable bonds is 14. The molecule has 0 saturated carbocycles. The quantitative estimate of drug-likeness (QED) is 0.127. The second-order valence-corrected chi connectivity index (χ2v) is 15.6. The van der Waals surface area contributed by atoms with Crippen LogP contribution in [0, 0.1) is 0 Å². The highest BCUT2D eigenvalue weighted by atomic mass is 16.7. The van der Waals surface area contributed by atoms with Gasteiger partial charge >= 0.3 is 59.7 Å². The summed E-state index contributed by atoms with van der Waals surface area (Å²) in [7, 11) is 0. The third kappa shape index (κ3) is 12.9. The molecule has 376 valence electrons. The fraction of sp³-hybridized carbons (Fsp3) is 0.457. The Morgan fingerprint density at radius 2 is 1.00 bits per heavy atom. The predicted octanol–water partition coefficient (Wildman–Crippen LogP) is 2.90. The van der Waals surface area contributed by atoms with E-state index in [1.54, 1.807) is 0 Å². The molecule has 2 saturated heterocycles. The van der Waals surface area contributed by atoms with Crippen LogP contribution in [0.15, 0.2) is 39.5 Å². The molecule has 0 bridgehead atoms. The maximum absolute atomic E-state index is 14.9. The maximum Gasteiger partial charge on any atom is 0.308 e. The SMILES string of the molecule is CC(=O)OCC1OC(c2c(OC(C)=O)c(C3OCC(OC(C)=O)C(OC(C)=O)C3OC(C)=O)c(OC(C)=O)c3c(=O)cc(-c4ccc(OC(C)=O)cc4)oc23)C(OC(C)=O)C(OC(C)=O)C1OC(C)=O. The van der Waals surface area contributed by atoms with Crippen molar-refractivity contribution in [1.82, 2.24) is 0 Å². The van der Waals surface area contributed by atoms with Crippen LogP contribution in [0.1, 0.15) is 92.6 Å². The first-order valence-corrected chi connectivity index (χ1v) is 21.1. The second-order valence-electron chi connectivity index (χ2n) is 15.6. The Balaban J connectivity index is 2.06. The Labute approximate surface area is 396 Å². The summed E-state index contributed by atoms with van der Waals surface area (Å²) in [4.78, 5) is 142. The van der Waals surface area contributed by atoms with Crippen LogP contribution in [0.5, 0.6) is 17.2 Å². The monoisotopic (exact) mass is 984 g/mol. The number of ether oxygens (including phenoxy) is 12. The summed E-state index contributed by atoms with van der Waals surface area (Å²) in [5.74, 6) is -11.5. The molecule has 24 nitrogen and oxygen atoms in total. The number of benzene rings is 2. The van der Waals surface area contributed by atoms with Crippen LogP contribution < -0.4 is 19.6 Å². The van der Waals surface area contributed by atoms with Crippen molar-refractivity contribution in [2.75, 3.05) is 13.2 Å². The Morgan fingerprint density at radius 3 is 1.51 bits per heavy atom. The molecule has 70 heavy (non-hydrogen) atoms. The third-order valence-electron chi connectivity index (χ3n) is 9.96. The van der Waals surface area contributed by atoms with E-state index in [2.05, 4.69) is 0 Å². The highest BCUT2D eigenvalue weighted by Gasteiger charge is 2.56. The number of hydrogen-bond donors (Lipinski definition) is 0. The predicted molar refractivity (Wildman–Crippen MR) is 228 cm³/mol. The fourth-order valence-corrected chi connectivity index (χ4v) is 7.85. The standard InChI is InChI=1S/C46H48O24/c1-18(47)58-16-33-38(63-22(5)51)45(67-26(9)55)46(68-27(10)56)43(70-33)36-40-34(30(57)15-31(69-40)28-11-13-29(14-12-28)60-19(2)48)39(64-23(6)52)35(41(36)65-24(7)53)42-44(66-25(8)54)37(62-21(4)50)32(17-59-42)61-20(3)49/h11-15,32-33,37-38,42-46H,16-17H2,1-10H3. The average molecular weight is 985 g/mol. The number of hydrogen-bond acceptors (Lipinski definition) is 24. The van der Waals surface area contributed by atoms with Crippen molar-refractivity contribution in [3.05, 3.63) is 51.7 Å². The Morgan fingerprint density at radius 1 is 0.514 bits per heavy atom. The summed E-state index contributed by atoms with van der Waals surface area (Å²) in [5, 5.41) is -0.666. The van der Waals surface area contributed by atoms with E-state index in [0.29, 0.717) is 0 Å². The van der Waals surface area contributed by atoms with Gasteiger partial charge in [0.2, 0.25) is 0 Å². The van der Waals surface area contributed by atoms with E-state index in [4.69, 9.17) is 61.3 Å². The Kier molecular flexibility index (Phi) is 17.2. The minimum atomic E-state index is -2.05. The van der Waals surface area contributed by atoms with E-state index >= 15 is 0 Å². The number of carbonyl (C=O) groups excluding carboxylic acids is 10. The van der Waals surface area contributed by atoms with Gasteiger partial charge in [0.25, 0.3) is 0 Å². The highest BCUT2D eigenvalue weighted by molar-refractivity contribution is 5.95. The summed E-state index contributed by atoms with van der Waals surface area (Å²) < 4.78 is 75.1. The van der Waals surface area contributed by atoms with Crippen molar-refractivity contribution in [1.29, 1.82) is 0 Å². The normalized spacial score (nSPS) is 22.8. The summed E-state index contributed by atoms with van der Waals surface area (Å²) >= 11 is 0. The van der Waals surface area contributed by atoms with Gasteiger partial charge in [0, 0.05) is 80.9 Å². The molecule has 0 spiro atoms. The van der Waals surface area contributed by atoms with Gasteiger partial charge in [-0.15, -0.1) is 0 Å². The van der Waals surface area contributed by atoms with Gasteiger partial charge in [-0.05, 0) is 24.3 Å². The lowest BCUT2D eigenvalue weighted by molar-refractivity contribution is -0.254. The average Bonchev–Trinajstić information content (AvgIpc) is 3.22. The first kappa shape index (κ1) is 53.2. The molecule has 0 aliphatic carbocycles. The van der Waals surface area contributed by atoms with Gasteiger partial charge in [0.05, 0.1) is 17.7 Å². The number of carbonyl (C=O) groups is 10. The summed E-state index contributed by atoms with van der Waals surface area (Å²) in [6.45, 7) is 8.46. The van der Waals surface area contributed by atoms with Crippen molar-refractivity contribution >= 4 is 70.7 Å². The van der Waals surface area contributed by atoms with Crippen molar-refractivity contribution in [3.63, 3.8) is 0 Å². The number of fused-ring (bicyclic) bond motifs is 1. The molecule has 9 unspecified atom stereocenters. The van der Waals surface area contributed by atoms with E-state index in [-0.39, 0.29) is 17.1 Å². The van der Waals surface area contributed by atoms with Gasteiger partial charge in [0.15, 0.2) is 53.4 Å². The molecule has 0 radical (unpaired) electrons. The highest BCUT2D eigenvalue weighted by Crippen LogP contribution is 2.53.